The Kier molecular flexibility index (Phi) is 7.06. The SMILES string of the molecule is O=C(NCC(c1cccs1)N1CCOCC1)c1ccc(CSc2nc3ccccc3[nH]2)cc1. The van der Waals surface area contributed by atoms with Gasteiger partial charge in [-0.05, 0) is 41.3 Å². The van der Waals surface area contributed by atoms with Gasteiger partial charge >= 0.3 is 0 Å². The van der Waals surface area contributed by atoms with Gasteiger partial charge in [-0.15, -0.1) is 11.3 Å². The zero-order valence-electron chi connectivity index (χ0n) is 18.2. The van der Waals surface area contributed by atoms with Crippen molar-refractivity contribution >= 4 is 40.0 Å². The number of thiophene rings is 1. The molecule has 1 unspecified atom stereocenters. The van der Waals surface area contributed by atoms with Crippen LogP contribution in [0.5, 0.6) is 0 Å². The van der Waals surface area contributed by atoms with Gasteiger partial charge in [0.25, 0.3) is 5.91 Å². The largest absolute Gasteiger partial charge is 0.379 e. The van der Waals surface area contributed by atoms with Gasteiger partial charge in [-0.1, -0.05) is 42.1 Å². The zero-order valence-corrected chi connectivity index (χ0v) is 19.8. The summed E-state index contributed by atoms with van der Waals surface area (Å²) in [4.78, 5) is 24.4. The number of rotatable bonds is 8. The molecule has 2 aromatic carbocycles. The topological polar surface area (TPSA) is 70.2 Å². The molecule has 3 heterocycles. The first-order valence-corrected chi connectivity index (χ1v) is 12.9. The van der Waals surface area contributed by atoms with Crippen molar-refractivity contribution in [3.63, 3.8) is 0 Å². The Morgan fingerprint density at radius 2 is 1.94 bits per heavy atom. The molecule has 1 aliphatic heterocycles. The van der Waals surface area contributed by atoms with Crippen LogP contribution in [-0.2, 0) is 10.5 Å². The van der Waals surface area contributed by atoms with Gasteiger partial charge in [-0.2, -0.15) is 0 Å². The van der Waals surface area contributed by atoms with Gasteiger partial charge in [-0.25, -0.2) is 4.98 Å². The third-order valence-electron chi connectivity index (χ3n) is 5.77. The van der Waals surface area contributed by atoms with E-state index in [4.69, 9.17) is 4.74 Å². The molecule has 170 valence electrons. The monoisotopic (exact) mass is 478 g/mol. The number of amides is 1. The Morgan fingerprint density at radius 1 is 1.12 bits per heavy atom. The van der Waals surface area contributed by atoms with Gasteiger partial charge in [0.2, 0.25) is 0 Å². The molecule has 4 aromatic rings. The number of thioether (sulfide) groups is 1. The van der Waals surface area contributed by atoms with Crippen molar-refractivity contribution in [2.24, 2.45) is 0 Å². The van der Waals surface area contributed by atoms with Gasteiger partial charge in [0.05, 0.1) is 30.3 Å². The van der Waals surface area contributed by atoms with Gasteiger partial charge in [0, 0.05) is 35.8 Å². The molecule has 1 saturated heterocycles. The van der Waals surface area contributed by atoms with Crippen molar-refractivity contribution < 1.29 is 9.53 Å². The molecule has 1 aliphatic rings. The summed E-state index contributed by atoms with van der Waals surface area (Å²) in [5.74, 6) is 0.750. The number of aromatic amines is 1. The van der Waals surface area contributed by atoms with Crippen molar-refractivity contribution in [2.45, 2.75) is 17.0 Å². The van der Waals surface area contributed by atoms with E-state index in [9.17, 15) is 4.79 Å². The highest BCUT2D eigenvalue weighted by Gasteiger charge is 2.24. The van der Waals surface area contributed by atoms with Crippen molar-refractivity contribution in [3.8, 4) is 0 Å². The molecule has 8 heteroatoms. The van der Waals surface area contributed by atoms with Crippen molar-refractivity contribution in [1.82, 2.24) is 20.2 Å². The van der Waals surface area contributed by atoms with Crippen LogP contribution in [0.1, 0.15) is 26.8 Å². The van der Waals surface area contributed by atoms with E-state index < -0.39 is 0 Å². The smallest absolute Gasteiger partial charge is 0.251 e. The lowest BCUT2D eigenvalue weighted by Crippen LogP contribution is -2.43. The second kappa shape index (κ2) is 10.5. The number of benzene rings is 2. The highest BCUT2D eigenvalue weighted by molar-refractivity contribution is 7.98. The molecule has 0 saturated carbocycles. The molecule has 5 rings (SSSR count). The molecule has 1 fully saturated rings. The Labute approximate surface area is 201 Å². The van der Waals surface area contributed by atoms with Crippen LogP contribution in [0.25, 0.3) is 11.0 Å². The normalized spacial score (nSPS) is 15.5. The number of imidazole rings is 1. The molecule has 1 amide bonds. The molecule has 0 spiro atoms. The van der Waals surface area contributed by atoms with Crippen LogP contribution >= 0.6 is 23.1 Å². The van der Waals surface area contributed by atoms with Crippen molar-refractivity contribution in [3.05, 3.63) is 82.0 Å². The minimum absolute atomic E-state index is 0.0405. The minimum atomic E-state index is -0.0405. The van der Waals surface area contributed by atoms with Crippen molar-refractivity contribution in [2.75, 3.05) is 32.8 Å². The van der Waals surface area contributed by atoms with Gasteiger partial charge < -0.3 is 15.0 Å². The maximum absolute atomic E-state index is 12.8. The molecule has 2 aromatic heterocycles. The van der Waals surface area contributed by atoms with E-state index in [2.05, 4.69) is 37.7 Å². The number of nitrogens with zero attached hydrogens (tertiary/aromatic N) is 2. The number of hydrogen-bond acceptors (Lipinski definition) is 6. The first-order valence-electron chi connectivity index (χ1n) is 11.1. The Hall–Kier alpha value is -2.65. The van der Waals surface area contributed by atoms with Crippen molar-refractivity contribution in [1.29, 1.82) is 0 Å². The molecular weight excluding hydrogens is 452 g/mol. The summed E-state index contributed by atoms with van der Waals surface area (Å²) < 4.78 is 5.50. The Balaban J connectivity index is 1.17. The minimum Gasteiger partial charge on any atom is -0.379 e. The van der Waals surface area contributed by atoms with Crippen LogP contribution in [0.4, 0.5) is 0 Å². The molecule has 0 radical (unpaired) electrons. The quantitative estimate of drug-likeness (QED) is 0.359. The van der Waals surface area contributed by atoms with Gasteiger partial charge in [0.15, 0.2) is 5.16 Å². The fraction of sp³-hybridized carbons (Fsp3) is 0.280. The number of nitrogens with one attached hydrogen (secondary N) is 2. The average Bonchev–Trinajstić information content (AvgIpc) is 3.54. The summed E-state index contributed by atoms with van der Waals surface area (Å²) >= 11 is 3.40. The van der Waals surface area contributed by atoms with Crippen LogP contribution in [0.15, 0.2) is 71.2 Å². The summed E-state index contributed by atoms with van der Waals surface area (Å²) in [5.41, 5.74) is 3.86. The zero-order chi connectivity index (χ0) is 22.5. The number of aromatic nitrogens is 2. The third kappa shape index (κ3) is 5.47. The highest BCUT2D eigenvalue weighted by atomic mass is 32.2. The molecule has 2 N–H and O–H groups in total. The Morgan fingerprint density at radius 3 is 2.70 bits per heavy atom. The van der Waals surface area contributed by atoms with E-state index in [-0.39, 0.29) is 11.9 Å². The van der Waals surface area contributed by atoms with E-state index in [1.54, 1.807) is 23.1 Å². The summed E-state index contributed by atoms with van der Waals surface area (Å²) in [6.07, 6.45) is 0. The van der Waals surface area contributed by atoms with E-state index in [1.807, 2.05) is 48.5 Å². The standard InChI is InChI=1S/C25H26N4O2S2/c30-24(26-16-22(23-6-3-15-32-23)29-11-13-31-14-12-29)19-9-7-18(8-10-19)17-33-25-27-20-4-1-2-5-21(20)28-25/h1-10,15,22H,11-14,16-17H2,(H,26,30)(H,27,28). The second-order valence-electron chi connectivity index (χ2n) is 7.93. The third-order valence-corrected chi connectivity index (χ3v) is 7.69. The van der Waals surface area contributed by atoms with E-state index in [0.29, 0.717) is 12.1 Å². The Bertz CT molecular complexity index is 1150. The summed E-state index contributed by atoms with van der Waals surface area (Å²) in [5, 5.41) is 6.14. The fourth-order valence-corrected chi connectivity index (χ4v) is 5.67. The first-order chi connectivity index (χ1) is 16.3. The lowest BCUT2D eigenvalue weighted by atomic mass is 10.1. The highest BCUT2D eigenvalue weighted by Crippen LogP contribution is 2.26. The number of carbonyl (C=O) groups is 1. The summed E-state index contributed by atoms with van der Waals surface area (Å²) in [6.45, 7) is 3.84. The van der Waals surface area contributed by atoms with Gasteiger partial charge in [0.1, 0.15) is 0 Å². The number of ether oxygens (including phenoxy) is 1. The number of H-pyrrole nitrogens is 1. The molecule has 1 atom stereocenters. The molecule has 0 bridgehead atoms. The van der Waals surface area contributed by atoms with Crippen LogP contribution in [0, 0.1) is 0 Å². The van der Waals surface area contributed by atoms with E-state index >= 15 is 0 Å². The molecule has 0 aliphatic carbocycles. The summed E-state index contributed by atoms with van der Waals surface area (Å²) in [7, 11) is 0. The maximum atomic E-state index is 12.8. The number of para-hydroxylation sites is 2. The lowest BCUT2D eigenvalue weighted by molar-refractivity contribution is 0.0169. The number of morpholine rings is 1. The van der Waals surface area contributed by atoms with Crippen LogP contribution in [0.2, 0.25) is 0 Å². The van der Waals surface area contributed by atoms with E-state index in [0.717, 1.165) is 53.8 Å². The average molecular weight is 479 g/mol. The summed E-state index contributed by atoms with van der Waals surface area (Å²) in [6, 6.07) is 20.3. The number of hydrogen-bond donors (Lipinski definition) is 2. The van der Waals surface area contributed by atoms with E-state index in [1.165, 1.54) is 4.88 Å². The van der Waals surface area contributed by atoms with Crippen LogP contribution in [0.3, 0.4) is 0 Å². The molecular formula is C25H26N4O2S2. The molecule has 6 nitrogen and oxygen atoms in total. The second-order valence-corrected chi connectivity index (χ2v) is 9.88. The predicted molar refractivity (Wildman–Crippen MR) is 134 cm³/mol. The lowest BCUT2D eigenvalue weighted by Gasteiger charge is -2.34. The predicted octanol–water partition coefficient (Wildman–Crippen LogP) is 4.72. The number of carbonyl (C=O) groups excluding carboxylic acids is 1. The van der Waals surface area contributed by atoms with Gasteiger partial charge in [-0.3, -0.25) is 9.69 Å². The fourth-order valence-electron chi connectivity index (χ4n) is 3.97. The first kappa shape index (κ1) is 22.2. The maximum Gasteiger partial charge on any atom is 0.251 e. The van der Waals surface area contributed by atoms with Crippen LogP contribution < -0.4 is 5.32 Å². The molecule has 33 heavy (non-hydrogen) atoms. The van der Waals surface area contributed by atoms with Crippen LogP contribution in [-0.4, -0.2) is 53.6 Å². The number of fused-ring (bicyclic) bond motifs is 1.